The van der Waals surface area contributed by atoms with E-state index in [9.17, 15) is 4.79 Å². The summed E-state index contributed by atoms with van der Waals surface area (Å²) in [5.74, 6) is 0.266. The molecule has 88 valence electrons. The van der Waals surface area contributed by atoms with Gasteiger partial charge < -0.3 is 5.32 Å². The molecule has 1 fully saturated rings. The molecule has 0 saturated carbocycles. The van der Waals surface area contributed by atoms with E-state index in [0.29, 0.717) is 6.54 Å². The molecule has 2 heteroatoms. The van der Waals surface area contributed by atoms with Gasteiger partial charge in [0, 0.05) is 12.5 Å². The van der Waals surface area contributed by atoms with Crippen LogP contribution in [0.1, 0.15) is 27.7 Å². The molecule has 2 atom stereocenters. The van der Waals surface area contributed by atoms with E-state index in [2.05, 4.69) is 32.3 Å². The summed E-state index contributed by atoms with van der Waals surface area (Å²) in [5, 5.41) is 2.91. The van der Waals surface area contributed by atoms with Gasteiger partial charge in [0.15, 0.2) is 0 Å². The van der Waals surface area contributed by atoms with E-state index in [1.807, 2.05) is 13.8 Å². The molecule has 0 bridgehead atoms. The molecule has 1 heterocycles. The average molecular weight is 219 g/mol. The summed E-state index contributed by atoms with van der Waals surface area (Å²) in [7, 11) is 0. The number of carbonyl (C=O) groups excluding carboxylic acids is 1. The van der Waals surface area contributed by atoms with Crippen LogP contribution in [0, 0.1) is 11.8 Å². The third-order valence-corrected chi connectivity index (χ3v) is 3.50. The first kappa shape index (κ1) is 12.8. The van der Waals surface area contributed by atoms with Crippen molar-refractivity contribution in [3.8, 4) is 0 Å². The van der Waals surface area contributed by atoms with Crippen molar-refractivity contribution in [3.05, 3.63) is 35.5 Å². The minimum atomic E-state index is -0.0747. The van der Waals surface area contributed by atoms with Crippen molar-refractivity contribution in [2.24, 2.45) is 11.8 Å². The van der Waals surface area contributed by atoms with Crippen LogP contribution in [0.5, 0.6) is 0 Å². The Balaban J connectivity index is 3.05. The number of hydrogen-bond donors (Lipinski definition) is 1. The lowest BCUT2D eigenvalue weighted by Crippen LogP contribution is -2.20. The summed E-state index contributed by atoms with van der Waals surface area (Å²) in [6.07, 6.45) is 0. The minimum Gasteiger partial charge on any atom is -0.355 e. The van der Waals surface area contributed by atoms with Gasteiger partial charge in [-0.1, -0.05) is 29.9 Å². The van der Waals surface area contributed by atoms with Crippen LogP contribution in [0.25, 0.3) is 0 Å². The fraction of sp³-hybridized carbons (Fsp3) is 0.500. The van der Waals surface area contributed by atoms with Gasteiger partial charge in [-0.2, -0.15) is 0 Å². The lowest BCUT2D eigenvalue weighted by molar-refractivity contribution is -0.121. The zero-order chi connectivity index (χ0) is 12.5. The Kier molecular flexibility index (Phi) is 3.74. The van der Waals surface area contributed by atoms with Gasteiger partial charge in [-0.25, -0.2) is 0 Å². The van der Waals surface area contributed by atoms with Crippen molar-refractivity contribution in [3.63, 3.8) is 0 Å². The van der Waals surface area contributed by atoms with Crippen molar-refractivity contribution < 1.29 is 4.79 Å². The summed E-state index contributed by atoms with van der Waals surface area (Å²) in [6.45, 7) is 16.7. The number of nitrogens with one attached hydrogen (secondary N) is 1. The van der Waals surface area contributed by atoms with Crippen LogP contribution in [0.2, 0.25) is 0 Å². The van der Waals surface area contributed by atoms with Crippen LogP contribution in [0.15, 0.2) is 35.5 Å². The van der Waals surface area contributed by atoms with E-state index in [4.69, 9.17) is 0 Å². The Morgan fingerprint density at radius 2 is 1.81 bits per heavy atom. The first-order chi connectivity index (χ1) is 7.36. The van der Waals surface area contributed by atoms with Gasteiger partial charge in [0.25, 0.3) is 0 Å². The maximum absolute atomic E-state index is 11.7. The molecule has 0 spiro atoms. The molecule has 2 nitrogen and oxygen atoms in total. The molecule has 16 heavy (non-hydrogen) atoms. The third kappa shape index (κ3) is 2.26. The van der Waals surface area contributed by atoms with Crippen LogP contribution in [0.4, 0.5) is 0 Å². The van der Waals surface area contributed by atoms with Crippen LogP contribution in [0.3, 0.4) is 0 Å². The van der Waals surface area contributed by atoms with E-state index >= 15 is 0 Å². The summed E-state index contributed by atoms with van der Waals surface area (Å²) < 4.78 is 0. The molecule has 1 aliphatic heterocycles. The largest absolute Gasteiger partial charge is 0.355 e. The number of amides is 1. The SMILES string of the molecule is C=C(C)/C(C)=C(/C)[C@H]1CNC(=O)[C@@H]1C(=C)C. The maximum atomic E-state index is 11.7. The molecule has 0 unspecified atom stereocenters. The van der Waals surface area contributed by atoms with Gasteiger partial charge in [0.2, 0.25) is 5.91 Å². The first-order valence-electron chi connectivity index (χ1n) is 5.62. The molecule has 1 amide bonds. The van der Waals surface area contributed by atoms with Gasteiger partial charge >= 0.3 is 0 Å². The lowest BCUT2D eigenvalue weighted by Gasteiger charge is -2.20. The number of allylic oxidation sites excluding steroid dienone is 2. The van der Waals surface area contributed by atoms with Crippen molar-refractivity contribution in [1.29, 1.82) is 0 Å². The van der Waals surface area contributed by atoms with Crippen molar-refractivity contribution >= 4 is 5.91 Å². The summed E-state index contributed by atoms with van der Waals surface area (Å²) in [6, 6.07) is 0. The topological polar surface area (TPSA) is 29.1 Å². The highest BCUT2D eigenvalue weighted by Gasteiger charge is 2.36. The van der Waals surface area contributed by atoms with Gasteiger partial charge in [-0.3, -0.25) is 4.79 Å². The smallest absolute Gasteiger partial charge is 0.227 e. The normalized spacial score (nSPS) is 26.1. The first-order valence-corrected chi connectivity index (χ1v) is 5.62. The molecular formula is C14H21NO. The minimum absolute atomic E-state index is 0.0747. The summed E-state index contributed by atoms with van der Waals surface area (Å²) in [5.41, 5.74) is 4.46. The number of hydrogen-bond acceptors (Lipinski definition) is 1. The van der Waals surface area contributed by atoms with Crippen molar-refractivity contribution in [2.45, 2.75) is 27.7 Å². The third-order valence-electron chi connectivity index (χ3n) is 3.50. The molecule has 0 radical (unpaired) electrons. The van der Waals surface area contributed by atoms with Gasteiger partial charge in [-0.05, 0) is 33.3 Å². The summed E-state index contributed by atoms with van der Waals surface area (Å²) in [4.78, 5) is 11.7. The molecule has 1 saturated heterocycles. The molecule has 1 N–H and O–H groups in total. The van der Waals surface area contributed by atoms with Crippen LogP contribution in [-0.4, -0.2) is 12.5 Å². The Hall–Kier alpha value is -1.31. The Morgan fingerprint density at radius 3 is 2.25 bits per heavy atom. The number of rotatable bonds is 3. The Morgan fingerprint density at radius 1 is 1.25 bits per heavy atom. The molecular weight excluding hydrogens is 198 g/mol. The van der Waals surface area contributed by atoms with E-state index in [0.717, 1.165) is 11.1 Å². The Labute approximate surface area is 98.1 Å². The average Bonchev–Trinajstić information content (AvgIpc) is 2.57. The second kappa shape index (κ2) is 4.69. The van der Waals surface area contributed by atoms with Crippen LogP contribution in [-0.2, 0) is 4.79 Å². The zero-order valence-corrected chi connectivity index (χ0v) is 10.7. The zero-order valence-electron chi connectivity index (χ0n) is 10.7. The second-order valence-electron chi connectivity index (χ2n) is 4.76. The summed E-state index contributed by atoms with van der Waals surface area (Å²) >= 11 is 0. The molecule has 0 aromatic carbocycles. The van der Waals surface area contributed by atoms with Crippen molar-refractivity contribution in [2.75, 3.05) is 6.54 Å². The maximum Gasteiger partial charge on any atom is 0.227 e. The van der Waals surface area contributed by atoms with Crippen molar-refractivity contribution in [1.82, 2.24) is 5.32 Å². The van der Waals surface area contributed by atoms with Crippen LogP contribution >= 0.6 is 0 Å². The van der Waals surface area contributed by atoms with Crippen LogP contribution < -0.4 is 5.32 Å². The van der Waals surface area contributed by atoms with E-state index in [1.165, 1.54) is 11.1 Å². The highest BCUT2D eigenvalue weighted by molar-refractivity contribution is 5.84. The monoisotopic (exact) mass is 219 g/mol. The molecule has 0 aromatic rings. The second-order valence-corrected chi connectivity index (χ2v) is 4.76. The predicted octanol–water partition coefficient (Wildman–Crippen LogP) is 2.84. The van der Waals surface area contributed by atoms with Gasteiger partial charge in [0.05, 0.1) is 5.92 Å². The fourth-order valence-corrected chi connectivity index (χ4v) is 2.21. The highest BCUT2D eigenvalue weighted by atomic mass is 16.2. The van der Waals surface area contributed by atoms with Gasteiger partial charge in [0.1, 0.15) is 0 Å². The Bertz CT molecular complexity index is 376. The van der Waals surface area contributed by atoms with E-state index in [1.54, 1.807) is 0 Å². The molecule has 1 aliphatic rings. The number of carbonyl (C=O) groups is 1. The predicted molar refractivity (Wildman–Crippen MR) is 68.0 cm³/mol. The fourth-order valence-electron chi connectivity index (χ4n) is 2.21. The van der Waals surface area contributed by atoms with E-state index < -0.39 is 0 Å². The van der Waals surface area contributed by atoms with E-state index in [-0.39, 0.29) is 17.7 Å². The highest BCUT2D eigenvalue weighted by Crippen LogP contribution is 2.32. The lowest BCUT2D eigenvalue weighted by atomic mass is 9.82. The van der Waals surface area contributed by atoms with Gasteiger partial charge in [-0.15, -0.1) is 0 Å². The molecule has 0 aliphatic carbocycles. The molecule has 1 rings (SSSR count). The molecule has 0 aromatic heterocycles. The quantitative estimate of drug-likeness (QED) is 0.574. The standard InChI is InChI=1S/C14H21NO/c1-8(2)10(5)11(6)12-7-15-14(16)13(12)9(3)4/h12-13H,1,3,7H2,2,4-6H3,(H,15,16)/b11-10-/t12-,13-/m1/s1.